The number of halogens is 2. The molecule has 1 aromatic heterocycles. The smallest absolute Gasteiger partial charge is 0.325 e. The van der Waals surface area contributed by atoms with Gasteiger partial charge in [-0.05, 0) is 36.2 Å². The van der Waals surface area contributed by atoms with E-state index in [-0.39, 0.29) is 12.0 Å². The highest BCUT2D eigenvalue weighted by Gasteiger charge is 2.28. The number of likely N-dealkylation sites (N-methyl/N-ethyl adjacent to an activating group) is 1. The molecule has 2 N–H and O–H groups in total. The Hall–Kier alpha value is -3.12. The molecule has 1 atom stereocenters. The van der Waals surface area contributed by atoms with Crippen molar-refractivity contribution in [3.8, 4) is 0 Å². The topological polar surface area (TPSA) is 112 Å². The monoisotopic (exact) mass is 469 g/mol. The summed E-state index contributed by atoms with van der Waals surface area (Å²) >= 11 is 0. The third kappa shape index (κ3) is 6.69. The van der Waals surface area contributed by atoms with Gasteiger partial charge in [0.15, 0.2) is 0 Å². The number of aromatic nitrogens is 1. The summed E-state index contributed by atoms with van der Waals surface area (Å²) in [6.45, 7) is 1.93. The number of amides is 3. The number of urea groups is 1. The molecular weight excluding hydrogens is 444 g/mol. The second-order valence-corrected chi connectivity index (χ2v) is 9.04. The molecule has 3 amide bonds. The maximum atomic E-state index is 13.6. The largest absolute Gasteiger partial charge is 0.330 e. The van der Waals surface area contributed by atoms with Gasteiger partial charge in [0.25, 0.3) is 0 Å². The molecular formula is C20H25F2N5O4S. The van der Waals surface area contributed by atoms with Crippen molar-refractivity contribution in [1.29, 1.82) is 0 Å². The lowest BCUT2D eigenvalue weighted by Gasteiger charge is -2.25. The predicted molar refractivity (Wildman–Crippen MR) is 115 cm³/mol. The van der Waals surface area contributed by atoms with Crippen molar-refractivity contribution < 1.29 is 26.8 Å². The Morgan fingerprint density at radius 1 is 1.09 bits per heavy atom. The standard InChI is InChI=1S/C20H25F2N5O4S/c1-5-16-6-7-17(12-23-16)27(4)19(28)18(10-13-8-14(21)11-15(22)9-13)24-20(29)25-32(30,31)26(2)3/h6-9,11-12,18H,5,10H2,1-4H3,(H2,24,25,29)/t18-/m0/s1. The Morgan fingerprint density at radius 3 is 2.22 bits per heavy atom. The van der Waals surface area contributed by atoms with E-state index in [9.17, 15) is 26.8 Å². The summed E-state index contributed by atoms with van der Waals surface area (Å²) in [6, 6.07) is 3.64. The molecule has 0 aliphatic heterocycles. The van der Waals surface area contributed by atoms with E-state index in [0.717, 1.165) is 22.1 Å². The zero-order valence-corrected chi connectivity index (χ0v) is 18.9. The Morgan fingerprint density at radius 2 is 1.72 bits per heavy atom. The number of hydrogen-bond donors (Lipinski definition) is 2. The van der Waals surface area contributed by atoms with E-state index in [2.05, 4.69) is 10.3 Å². The molecule has 0 saturated heterocycles. The second kappa shape index (κ2) is 10.5. The van der Waals surface area contributed by atoms with Crippen LogP contribution in [0.15, 0.2) is 36.5 Å². The fourth-order valence-corrected chi connectivity index (χ4v) is 3.22. The summed E-state index contributed by atoms with van der Waals surface area (Å²) < 4.78 is 53.6. The zero-order chi connectivity index (χ0) is 24.1. The zero-order valence-electron chi connectivity index (χ0n) is 18.1. The molecule has 0 aliphatic rings. The Balaban J connectivity index is 2.30. The van der Waals surface area contributed by atoms with Gasteiger partial charge in [0.2, 0.25) is 5.91 Å². The number of benzene rings is 1. The molecule has 0 saturated carbocycles. The number of carbonyl (C=O) groups is 2. The maximum absolute atomic E-state index is 13.6. The van der Waals surface area contributed by atoms with Crippen LogP contribution < -0.4 is 14.9 Å². The molecule has 0 fully saturated rings. The average molecular weight is 470 g/mol. The number of nitrogens with zero attached hydrogens (tertiary/aromatic N) is 3. The number of rotatable bonds is 8. The lowest BCUT2D eigenvalue weighted by Crippen LogP contribution is -2.53. The van der Waals surface area contributed by atoms with Crippen molar-refractivity contribution in [1.82, 2.24) is 19.3 Å². The van der Waals surface area contributed by atoms with Crippen molar-refractivity contribution in [2.75, 3.05) is 26.0 Å². The molecule has 2 aromatic rings. The predicted octanol–water partition coefficient (Wildman–Crippen LogP) is 1.60. The number of aryl methyl sites for hydroxylation is 1. The van der Waals surface area contributed by atoms with Crippen LogP contribution in [0.25, 0.3) is 0 Å². The van der Waals surface area contributed by atoms with E-state index in [1.807, 2.05) is 6.92 Å². The Labute approximate surface area is 185 Å². The first-order valence-electron chi connectivity index (χ1n) is 9.61. The van der Waals surface area contributed by atoms with E-state index in [4.69, 9.17) is 0 Å². The van der Waals surface area contributed by atoms with Crippen molar-refractivity contribution >= 4 is 27.8 Å². The highest BCUT2D eigenvalue weighted by molar-refractivity contribution is 7.87. The second-order valence-electron chi connectivity index (χ2n) is 7.16. The van der Waals surface area contributed by atoms with Crippen molar-refractivity contribution in [2.45, 2.75) is 25.8 Å². The van der Waals surface area contributed by atoms with Crippen LogP contribution in [0, 0.1) is 11.6 Å². The van der Waals surface area contributed by atoms with E-state index < -0.39 is 39.8 Å². The molecule has 2 rings (SSSR count). The van der Waals surface area contributed by atoms with E-state index in [1.54, 1.807) is 16.9 Å². The van der Waals surface area contributed by atoms with E-state index in [1.165, 1.54) is 32.2 Å². The van der Waals surface area contributed by atoms with Crippen LogP contribution in [0.2, 0.25) is 0 Å². The van der Waals surface area contributed by atoms with Gasteiger partial charge in [-0.2, -0.15) is 12.7 Å². The molecule has 174 valence electrons. The highest BCUT2D eigenvalue weighted by atomic mass is 32.2. The van der Waals surface area contributed by atoms with Gasteiger partial charge < -0.3 is 10.2 Å². The molecule has 1 aromatic carbocycles. The van der Waals surface area contributed by atoms with Crippen molar-refractivity contribution in [3.05, 3.63) is 59.4 Å². The lowest BCUT2D eigenvalue weighted by molar-refractivity contribution is -0.120. The summed E-state index contributed by atoms with van der Waals surface area (Å²) in [5, 5.41) is 2.28. The fraction of sp³-hybridized carbons (Fsp3) is 0.350. The van der Waals surface area contributed by atoms with Gasteiger partial charge in [0, 0.05) is 39.3 Å². The van der Waals surface area contributed by atoms with Crippen LogP contribution in [-0.4, -0.2) is 56.8 Å². The summed E-state index contributed by atoms with van der Waals surface area (Å²) in [5.74, 6) is -2.34. The van der Waals surface area contributed by atoms with Gasteiger partial charge in [0.05, 0.1) is 11.9 Å². The van der Waals surface area contributed by atoms with Crippen LogP contribution in [-0.2, 0) is 27.8 Å². The molecule has 1 heterocycles. The molecule has 0 spiro atoms. The van der Waals surface area contributed by atoms with Gasteiger partial charge >= 0.3 is 16.2 Å². The first-order valence-corrected chi connectivity index (χ1v) is 11.0. The van der Waals surface area contributed by atoms with Crippen molar-refractivity contribution in [3.63, 3.8) is 0 Å². The Kier molecular flexibility index (Phi) is 8.22. The Bertz CT molecular complexity index is 1060. The minimum atomic E-state index is -4.12. The fourth-order valence-electron chi connectivity index (χ4n) is 2.75. The van der Waals surface area contributed by atoms with Crippen LogP contribution in [0.1, 0.15) is 18.2 Å². The van der Waals surface area contributed by atoms with Gasteiger partial charge in [-0.1, -0.05) is 6.92 Å². The SMILES string of the molecule is CCc1ccc(N(C)C(=O)[C@H](Cc2cc(F)cc(F)c2)NC(=O)NS(=O)(=O)N(C)C)cn1. The molecule has 9 nitrogen and oxygen atoms in total. The average Bonchev–Trinajstić information content (AvgIpc) is 2.71. The minimum absolute atomic E-state index is 0.101. The van der Waals surface area contributed by atoms with Gasteiger partial charge in [0.1, 0.15) is 17.7 Å². The molecule has 32 heavy (non-hydrogen) atoms. The number of anilines is 1. The highest BCUT2D eigenvalue weighted by Crippen LogP contribution is 2.16. The molecule has 0 unspecified atom stereocenters. The number of hydrogen-bond acceptors (Lipinski definition) is 5. The summed E-state index contributed by atoms with van der Waals surface area (Å²) in [5.41, 5.74) is 1.34. The maximum Gasteiger partial charge on any atom is 0.330 e. The number of pyridine rings is 1. The van der Waals surface area contributed by atoms with Gasteiger partial charge in [-0.25, -0.2) is 18.3 Å². The van der Waals surface area contributed by atoms with E-state index >= 15 is 0 Å². The number of nitrogens with one attached hydrogen (secondary N) is 2. The molecule has 0 aliphatic carbocycles. The van der Waals surface area contributed by atoms with Crippen LogP contribution in [0.5, 0.6) is 0 Å². The van der Waals surface area contributed by atoms with Crippen LogP contribution in [0.4, 0.5) is 19.3 Å². The minimum Gasteiger partial charge on any atom is -0.325 e. The third-order valence-corrected chi connectivity index (χ3v) is 5.96. The van der Waals surface area contributed by atoms with Gasteiger partial charge in [-0.3, -0.25) is 9.78 Å². The van der Waals surface area contributed by atoms with E-state index in [0.29, 0.717) is 18.2 Å². The number of carbonyl (C=O) groups excluding carboxylic acids is 2. The normalized spacial score (nSPS) is 12.3. The summed E-state index contributed by atoms with van der Waals surface area (Å²) in [6.07, 6.45) is 1.90. The molecule has 0 radical (unpaired) electrons. The first-order chi connectivity index (χ1) is 14.9. The lowest BCUT2D eigenvalue weighted by atomic mass is 10.0. The summed E-state index contributed by atoms with van der Waals surface area (Å²) in [7, 11) is -0.240. The van der Waals surface area contributed by atoms with Crippen LogP contribution >= 0.6 is 0 Å². The molecule has 0 bridgehead atoms. The quantitative estimate of drug-likeness (QED) is 0.610. The van der Waals surface area contributed by atoms with Crippen molar-refractivity contribution in [2.24, 2.45) is 0 Å². The molecule has 12 heteroatoms. The third-order valence-electron chi connectivity index (χ3n) is 4.56. The first kappa shape index (κ1) is 25.1. The summed E-state index contributed by atoms with van der Waals surface area (Å²) in [4.78, 5) is 30.8. The van der Waals surface area contributed by atoms with Gasteiger partial charge in [-0.15, -0.1) is 0 Å². The van der Waals surface area contributed by atoms with Crippen LogP contribution in [0.3, 0.4) is 0 Å².